The van der Waals surface area contributed by atoms with E-state index in [0.717, 1.165) is 19.6 Å². The second-order valence-electron chi connectivity index (χ2n) is 7.50. The molecule has 0 aromatic heterocycles. The standard InChI is InChI=1S/C25H28N2OS/c1-19-13-14-23(20(2)17-19)29-24-12-8-7-11-22(24)27-16-15-26(18-25(27)28-3)21-9-5-4-6-10-21/h4-14,17,25H,15-16,18H2,1-3H3. The van der Waals surface area contributed by atoms with Gasteiger partial charge in [0.1, 0.15) is 6.23 Å². The Labute approximate surface area is 178 Å². The molecule has 1 fully saturated rings. The number of aryl methyl sites for hydroxylation is 2. The van der Waals surface area contributed by atoms with Crippen molar-refractivity contribution in [3.05, 3.63) is 83.9 Å². The van der Waals surface area contributed by atoms with Gasteiger partial charge in [-0.15, -0.1) is 0 Å². The van der Waals surface area contributed by atoms with E-state index in [1.807, 2.05) is 18.9 Å². The second-order valence-corrected chi connectivity index (χ2v) is 8.59. The van der Waals surface area contributed by atoms with Crippen LogP contribution in [-0.4, -0.2) is 33.0 Å². The zero-order valence-electron chi connectivity index (χ0n) is 17.3. The highest BCUT2D eigenvalue weighted by atomic mass is 32.2. The molecular formula is C25H28N2OS. The molecular weight excluding hydrogens is 376 g/mol. The first-order valence-corrected chi connectivity index (χ1v) is 10.9. The number of nitrogens with zero attached hydrogens (tertiary/aromatic N) is 2. The molecule has 0 aliphatic carbocycles. The quantitative estimate of drug-likeness (QED) is 0.537. The zero-order chi connectivity index (χ0) is 20.2. The van der Waals surface area contributed by atoms with Crippen LogP contribution in [0.4, 0.5) is 11.4 Å². The maximum Gasteiger partial charge on any atom is 0.147 e. The number of anilines is 2. The van der Waals surface area contributed by atoms with Crippen molar-refractivity contribution in [3.8, 4) is 0 Å². The highest BCUT2D eigenvalue weighted by Gasteiger charge is 2.28. The van der Waals surface area contributed by atoms with Crippen LogP contribution in [0.3, 0.4) is 0 Å². The molecule has 150 valence electrons. The number of ether oxygens (including phenoxy) is 1. The van der Waals surface area contributed by atoms with Crippen LogP contribution < -0.4 is 9.80 Å². The van der Waals surface area contributed by atoms with Gasteiger partial charge in [0.2, 0.25) is 0 Å². The summed E-state index contributed by atoms with van der Waals surface area (Å²) >= 11 is 1.84. The van der Waals surface area contributed by atoms with E-state index >= 15 is 0 Å². The van der Waals surface area contributed by atoms with Gasteiger partial charge < -0.3 is 14.5 Å². The molecule has 1 unspecified atom stereocenters. The summed E-state index contributed by atoms with van der Waals surface area (Å²) in [6.07, 6.45) is 0.0184. The first-order chi connectivity index (χ1) is 14.2. The summed E-state index contributed by atoms with van der Waals surface area (Å²) in [5.41, 5.74) is 5.13. The largest absolute Gasteiger partial charge is 0.365 e. The van der Waals surface area contributed by atoms with Gasteiger partial charge >= 0.3 is 0 Å². The van der Waals surface area contributed by atoms with Crippen LogP contribution in [0.5, 0.6) is 0 Å². The van der Waals surface area contributed by atoms with Crippen molar-refractivity contribution in [3.63, 3.8) is 0 Å². The third kappa shape index (κ3) is 4.44. The van der Waals surface area contributed by atoms with E-state index in [1.165, 1.54) is 32.3 Å². The van der Waals surface area contributed by atoms with E-state index < -0.39 is 0 Å². The Morgan fingerprint density at radius 2 is 1.62 bits per heavy atom. The van der Waals surface area contributed by atoms with Gasteiger partial charge in [0.25, 0.3) is 0 Å². The van der Waals surface area contributed by atoms with Crippen LogP contribution in [0.2, 0.25) is 0 Å². The van der Waals surface area contributed by atoms with Gasteiger partial charge in [0.15, 0.2) is 0 Å². The van der Waals surface area contributed by atoms with Gasteiger partial charge in [-0.25, -0.2) is 0 Å². The number of rotatable bonds is 5. The number of hydrogen-bond donors (Lipinski definition) is 0. The smallest absolute Gasteiger partial charge is 0.147 e. The number of para-hydroxylation sites is 2. The number of hydrogen-bond acceptors (Lipinski definition) is 4. The highest BCUT2D eigenvalue weighted by Crippen LogP contribution is 2.38. The molecule has 0 N–H and O–H groups in total. The fraction of sp³-hybridized carbons (Fsp3) is 0.280. The van der Waals surface area contributed by atoms with Gasteiger partial charge in [0, 0.05) is 35.7 Å². The molecule has 0 radical (unpaired) electrons. The molecule has 1 aliphatic heterocycles. The molecule has 0 saturated carbocycles. The Bertz CT molecular complexity index is 960. The lowest BCUT2D eigenvalue weighted by atomic mass is 10.2. The monoisotopic (exact) mass is 404 g/mol. The van der Waals surface area contributed by atoms with E-state index in [9.17, 15) is 0 Å². The van der Waals surface area contributed by atoms with Crippen LogP contribution >= 0.6 is 11.8 Å². The van der Waals surface area contributed by atoms with E-state index in [0.29, 0.717) is 0 Å². The fourth-order valence-corrected chi connectivity index (χ4v) is 4.94. The summed E-state index contributed by atoms with van der Waals surface area (Å²) in [6, 6.07) is 26.0. The van der Waals surface area contributed by atoms with Crippen molar-refractivity contribution in [1.29, 1.82) is 0 Å². The van der Waals surface area contributed by atoms with Gasteiger partial charge in [0.05, 0.1) is 12.2 Å². The minimum Gasteiger partial charge on any atom is -0.365 e. The summed E-state index contributed by atoms with van der Waals surface area (Å²) in [6.45, 7) is 7.09. The van der Waals surface area contributed by atoms with E-state index in [4.69, 9.17) is 4.74 Å². The summed E-state index contributed by atoms with van der Waals surface area (Å²) in [7, 11) is 1.81. The van der Waals surface area contributed by atoms with Gasteiger partial charge in [-0.1, -0.05) is 59.8 Å². The second kappa shape index (κ2) is 8.93. The number of piperazine rings is 1. The third-order valence-electron chi connectivity index (χ3n) is 5.45. The van der Waals surface area contributed by atoms with Crippen LogP contribution in [-0.2, 0) is 4.74 Å². The van der Waals surface area contributed by atoms with Crippen molar-refractivity contribution in [2.45, 2.75) is 29.9 Å². The molecule has 4 rings (SSSR count). The molecule has 3 aromatic rings. The van der Waals surface area contributed by atoms with Crippen molar-refractivity contribution in [1.82, 2.24) is 0 Å². The third-order valence-corrected chi connectivity index (χ3v) is 6.70. The zero-order valence-corrected chi connectivity index (χ0v) is 18.2. The summed E-state index contributed by atoms with van der Waals surface area (Å²) in [5.74, 6) is 0. The molecule has 1 heterocycles. The van der Waals surface area contributed by atoms with Gasteiger partial charge in [-0.05, 0) is 49.7 Å². The van der Waals surface area contributed by atoms with Crippen LogP contribution in [0.25, 0.3) is 0 Å². The van der Waals surface area contributed by atoms with E-state index in [-0.39, 0.29) is 6.23 Å². The highest BCUT2D eigenvalue weighted by molar-refractivity contribution is 7.99. The van der Waals surface area contributed by atoms with Crippen LogP contribution in [0.15, 0.2) is 82.6 Å². The van der Waals surface area contributed by atoms with Crippen molar-refractivity contribution in [2.75, 3.05) is 36.5 Å². The van der Waals surface area contributed by atoms with E-state index in [2.05, 4.69) is 96.4 Å². The molecule has 4 heteroatoms. The molecule has 0 spiro atoms. The molecule has 1 aliphatic rings. The van der Waals surface area contributed by atoms with Crippen molar-refractivity contribution < 1.29 is 4.74 Å². The van der Waals surface area contributed by atoms with Gasteiger partial charge in [-0.3, -0.25) is 0 Å². The van der Waals surface area contributed by atoms with Crippen molar-refractivity contribution in [2.24, 2.45) is 0 Å². The number of methoxy groups -OCH3 is 1. The summed E-state index contributed by atoms with van der Waals surface area (Å²) in [5, 5.41) is 0. The van der Waals surface area contributed by atoms with E-state index in [1.54, 1.807) is 0 Å². The normalized spacial score (nSPS) is 16.9. The molecule has 3 aromatic carbocycles. The molecule has 3 nitrogen and oxygen atoms in total. The maximum absolute atomic E-state index is 5.93. The van der Waals surface area contributed by atoms with Crippen molar-refractivity contribution >= 4 is 23.1 Å². The lowest BCUT2D eigenvalue weighted by Gasteiger charge is -2.43. The minimum absolute atomic E-state index is 0.0184. The molecule has 0 amide bonds. The molecule has 1 atom stereocenters. The Morgan fingerprint density at radius 3 is 2.38 bits per heavy atom. The molecule has 0 bridgehead atoms. The lowest BCUT2D eigenvalue weighted by molar-refractivity contribution is 0.0956. The first-order valence-electron chi connectivity index (χ1n) is 10.1. The maximum atomic E-state index is 5.93. The van der Waals surface area contributed by atoms with Crippen LogP contribution in [0.1, 0.15) is 11.1 Å². The Balaban J connectivity index is 1.58. The predicted octanol–water partition coefficient (Wildman–Crippen LogP) is 5.75. The minimum atomic E-state index is 0.0184. The van der Waals surface area contributed by atoms with Gasteiger partial charge in [-0.2, -0.15) is 0 Å². The summed E-state index contributed by atoms with van der Waals surface area (Å²) in [4.78, 5) is 7.39. The topological polar surface area (TPSA) is 15.7 Å². The predicted molar refractivity (Wildman–Crippen MR) is 123 cm³/mol. The average Bonchev–Trinajstić information content (AvgIpc) is 2.76. The Morgan fingerprint density at radius 1 is 0.862 bits per heavy atom. The van der Waals surface area contributed by atoms with Crippen LogP contribution in [0, 0.1) is 13.8 Å². The summed E-state index contributed by atoms with van der Waals surface area (Å²) < 4.78 is 5.93. The Hall–Kier alpha value is -2.43. The average molecular weight is 405 g/mol. The SMILES string of the molecule is COC1CN(c2ccccc2)CCN1c1ccccc1Sc1ccc(C)cc1C. The fourth-order valence-electron chi connectivity index (χ4n) is 3.91. The Kier molecular flexibility index (Phi) is 6.12. The lowest BCUT2D eigenvalue weighted by Crippen LogP contribution is -2.54. The number of benzene rings is 3. The first kappa shape index (κ1) is 19.9. The molecule has 29 heavy (non-hydrogen) atoms. The molecule has 1 saturated heterocycles.